The molecule has 1 aromatic rings. The van der Waals surface area contributed by atoms with Gasteiger partial charge in [0.2, 0.25) is 5.91 Å². The number of amides is 1. The molecule has 0 saturated carbocycles. The van der Waals surface area contributed by atoms with E-state index in [0.717, 1.165) is 57.2 Å². The van der Waals surface area contributed by atoms with Crippen LogP contribution in [-0.4, -0.2) is 66.0 Å². The van der Waals surface area contributed by atoms with Crippen molar-refractivity contribution in [1.29, 1.82) is 0 Å². The molecule has 2 aliphatic rings. The monoisotopic (exact) mass is 322 g/mol. The summed E-state index contributed by atoms with van der Waals surface area (Å²) in [7, 11) is 0. The lowest BCUT2D eigenvalue weighted by molar-refractivity contribution is -0.136. The van der Waals surface area contributed by atoms with Gasteiger partial charge in [-0.1, -0.05) is 12.8 Å². The maximum Gasteiger partial charge on any atom is 0.239 e. The second kappa shape index (κ2) is 7.42. The van der Waals surface area contributed by atoms with Gasteiger partial charge in [-0.2, -0.15) is 0 Å². The van der Waals surface area contributed by atoms with E-state index in [4.69, 9.17) is 0 Å². The summed E-state index contributed by atoms with van der Waals surface area (Å²) < 4.78 is 0. The molecule has 2 fully saturated rings. The number of likely N-dealkylation sites (tertiary alicyclic amines) is 1. The number of carbonyl (C=O) groups is 1. The van der Waals surface area contributed by atoms with Crippen LogP contribution in [-0.2, 0) is 4.79 Å². The Kier molecular flexibility index (Phi) is 5.31. The molecule has 0 aliphatic carbocycles. The highest BCUT2D eigenvalue weighted by Crippen LogP contribution is 2.20. The molecule has 2 saturated heterocycles. The van der Waals surface area contributed by atoms with E-state index in [-0.39, 0.29) is 6.04 Å². The predicted octanol–water partition coefficient (Wildman–Crippen LogP) is 2.06. The first-order valence-electron chi connectivity index (χ1n) is 8.43. The summed E-state index contributed by atoms with van der Waals surface area (Å²) in [6.45, 7) is 7.79. The zero-order valence-electron chi connectivity index (χ0n) is 13.4. The summed E-state index contributed by atoms with van der Waals surface area (Å²) in [5, 5.41) is 3.12. The third kappa shape index (κ3) is 3.60. The second-order valence-corrected chi connectivity index (χ2v) is 7.13. The Bertz CT molecular complexity index is 463. The lowest BCUT2D eigenvalue weighted by atomic mass is 10.2. The molecule has 0 bridgehead atoms. The highest BCUT2D eigenvalue weighted by atomic mass is 32.1. The molecule has 22 heavy (non-hydrogen) atoms. The first-order chi connectivity index (χ1) is 10.8. The molecule has 2 aliphatic heterocycles. The molecule has 1 unspecified atom stereocenters. The number of carbonyl (C=O) groups excluding carboxylic acids is 1. The van der Waals surface area contributed by atoms with Crippen LogP contribution in [0.5, 0.6) is 0 Å². The van der Waals surface area contributed by atoms with Crippen LogP contribution in [0.3, 0.4) is 0 Å². The van der Waals surface area contributed by atoms with Crippen LogP contribution in [0, 0.1) is 0 Å². The maximum atomic E-state index is 12.7. The first kappa shape index (κ1) is 15.7. The van der Waals surface area contributed by atoms with Gasteiger partial charge in [-0.3, -0.25) is 9.69 Å². The van der Waals surface area contributed by atoms with Crippen molar-refractivity contribution < 1.29 is 4.79 Å². The number of piperazine rings is 1. The van der Waals surface area contributed by atoms with Crippen LogP contribution in [0.15, 0.2) is 11.6 Å². The number of hydrogen-bond donors (Lipinski definition) is 0. The zero-order chi connectivity index (χ0) is 15.4. The summed E-state index contributed by atoms with van der Waals surface area (Å²) in [6, 6.07) is 0.0107. The molecule has 3 heterocycles. The fourth-order valence-electron chi connectivity index (χ4n) is 3.38. The van der Waals surface area contributed by atoms with Crippen LogP contribution >= 0.6 is 11.3 Å². The van der Waals surface area contributed by atoms with Crippen molar-refractivity contribution in [3.8, 4) is 0 Å². The number of anilines is 1. The van der Waals surface area contributed by atoms with Gasteiger partial charge in [0.05, 0.1) is 6.04 Å². The fourth-order valence-corrected chi connectivity index (χ4v) is 4.08. The van der Waals surface area contributed by atoms with Crippen molar-refractivity contribution in [2.24, 2.45) is 0 Å². The van der Waals surface area contributed by atoms with Gasteiger partial charge in [0.15, 0.2) is 5.13 Å². The molecular formula is C16H26N4OS. The Balaban J connectivity index is 1.52. The largest absolute Gasteiger partial charge is 0.346 e. The third-order valence-electron chi connectivity index (χ3n) is 4.83. The van der Waals surface area contributed by atoms with Crippen LogP contribution in [0.25, 0.3) is 0 Å². The standard InChI is InChI=1S/C16H26N4OS/c1-14(15(21)19-7-4-2-3-5-8-19)18-9-11-20(12-10-18)16-17-6-13-22-16/h6,13-14H,2-5,7-12H2,1H3. The average Bonchev–Trinajstić information content (AvgIpc) is 2.96. The van der Waals surface area contributed by atoms with E-state index >= 15 is 0 Å². The number of nitrogens with zero attached hydrogens (tertiary/aromatic N) is 4. The summed E-state index contributed by atoms with van der Waals surface area (Å²) in [4.78, 5) is 23.8. The molecule has 1 aromatic heterocycles. The molecule has 122 valence electrons. The third-order valence-corrected chi connectivity index (χ3v) is 5.66. The Hall–Kier alpha value is -1.14. The quantitative estimate of drug-likeness (QED) is 0.854. The Labute approximate surface area is 136 Å². The molecule has 0 aromatic carbocycles. The Morgan fingerprint density at radius 3 is 2.36 bits per heavy atom. The number of aromatic nitrogens is 1. The molecule has 1 amide bonds. The molecular weight excluding hydrogens is 296 g/mol. The van der Waals surface area contributed by atoms with Gasteiger partial charge in [-0.15, -0.1) is 11.3 Å². The van der Waals surface area contributed by atoms with Crippen LogP contribution < -0.4 is 4.90 Å². The van der Waals surface area contributed by atoms with Gasteiger partial charge in [0.1, 0.15) is 0 Å². The molecule has 6 heteroatoms. The van der Waals surface area contributed by atoms with Gasteiger partial charge in [-0.05, 0) is 19.8 Å². The second-order valence-electron chi connectivity index (χ2n) is 6.25. The molecule has 0 N–H and O–H groups in total. The summed E-state index contributed by atoms with van der Waals surface area (Å²) in [5.41, 5.74) is 0. The van der Waals surface area contributed by atoms with Crippen molar-refractivity contribution in [2.45, 2.75) is 38.6 Å². The van der Waals surface area contributed by atoms with Gasteiger partial charge >= 0.3 is 0 Å². The minimum Gasteiger partial charge on any atom is -0.346 e. The van der Waals surface area contributed by atoms with Gasteiger partial charge in [-0.25, -0.2) is 4.98 Å². The van der Waals surface area contributed by atoms with E-state index < -0.39 is 0 Å². The van der Waals surface area contributed by atoms with Gasteiger partial charge < -0.3 is 9.80 Å². The lowest BCUT2D eigenvalue weighted by Gasteiger charge is -2.38. The summed E-state index contributed by atoms with van der Waals surface area (Å²) in [6.07, 6.45) is 6.72. The van der Waals surface area contributed by atoms with Crippen molar-refractivity contribution in [1.82, 2.24) is 14.8 Å². The minimum atomic E-state index is 0.0107. The summed E-state index contributed by atoms with van der Waals surface area (Å²) >= 11 is 1.69. The number of thiazole rings is 1. The van der Waals surface area contributed by atoms with E-state index in [1.807, 2.05) is 11.6 Å². The van der Waals surface area contributed by atoms with E-state index in [0.29, 0.717) is 5.91 Å². The highest BCUT2D eigenvalue weighted by Gasteiger charge is 2.29. The zero-order valence-corrected chi connectivity index (χ0v) is 14.2. The van der Waals surface area contributed by atoms with Crippen molar-refractivity contribution >= 4 is 22.4 Å². The first-order valence-corrected chi connectivity index (χ1v) is 9.31. The van der Waals surface area contributed by atoms with Crippen molar-refractivity contribution in [2.75, 3.05) is 44.2 Å². The Morgan fingerprint density at radius 2 is 1.77 bits per heavy atom. The molecule has 5 nitrogen and oxygen atoms in total. The van der Waals surface area contributed by atoms with E-state index in [9.17, 15) is 4.79 Å². The fraction of sp³-hybridized carbons (Fsp3) is 0.750. The van der Waals surface area contributed by atoms with E-state index in [1.165, 1.54) is 12.8 Å². The lowest BCUT2D eigenvalue weighted by Crippen LogP contribution is -2.54. The maximum absolute atomic E-state index is 12.7. The van der Waals surface area contributed by atoms with Crippen LogP contribution in [0.2, 0.25) is 0 Å². The van der Waals surface area contributed by atoms with Crippen LogP contribution in [0.4, 0.5) is 5.13 Å². The van der Waals surface area contributed by atoms with Crippen LogP contribution in [0.1, 0.15) is 32.6 Å². The van der Waals surface area contributed by atoms with E-state index in [2.05, 4.69) is 26.6 Å². The minimum absolute atomic E-state index is 0.0107. The van der Waals surface area contributed by atoms with Crippen molar-refractivity contribution in [3.63, 3.8) is 0 Å². The van der Waals surface area contributed by atoms with E-state index in [1.54, 1.807) is 11.3 Å². The highest BCUT2D eigenvalue weighted by molar-refractivity contribution is 7.13. The summed E-state index contributed by atoms with van der Waals surface area (Å²) in [5.74, 6) is 0.324. The van der Waals surface area contributed by atoms with Gasteiger partial charge in [0.25, 0.3) is 0 Å². The predicted molar refractivity (Wildman–Crippen MR) is 90.4 cm³/mol. The molecule has 3 rings (SSSR count). The number of hydrogen-bond acceptors (Lipinski definition) is 5. The average molecular weight is 322 g/mol. The number of rotatable bonds is 3. The Morgan fingerprint density at radius 1 is 1.09 bits per heavy atom. The topological polar surface area (TPSA) is 39.7 Å². The SMILES string of the molecule is CC(C(=O)N1CCCCCC1)N1CCN(c2nccs2)CC1. The normalized spacial score (nSPS) is 22.4. The van der Waals surface area contributed by atoms with Crippen molar-refractivity contribution in [3.05, 3.63) is 11.6 Å². The smallest absolute Gasteiger partial charge is 0.239 e. The van der Waals surface area contributed by atoms with Gasteiger partial charge in [0, 0.05) is 50.8 Å². The molecule has 1 atom stereocenters. The molecule has 0 spiro atoms. The molecule has 0 radical (unpaired) electrons.